The number of piperidine rings is 1. The molecule has 106 valence electrons. The van der Waals surface area contributed by atoms with Crippen LogP contribution in [-0.4, -0.2) is 15.6 Å². The monoisotopic (exact) mass is 261 g/mol. The van der Waals surface area contributed by atoms with E-state index < -0.39 is 0 Å². The molecule has 1 saturated heterocycles. The molecule has 0 bridgehead atoms. The summed E-state index contributed by atoms with van der Waals surface area (Å²) in [5.41, 5.74) is 1.90. The molecule has 1 N–H and O–H groups in total. The van der Waals surface area contributed by atoms with Crippen molar-refractivity contribution in [2.24, 2.45) is 5.41 Å². The zero-order chi connectivity index (χ0) is 13.3. The fourth-order valence-corrected chi connectivity index (χ4v) is 3.92. The molecule has 3 nitrogen and oxygen atoms in total. The maximum absolute atomic E-state index is 4.42. The van der Waals surface area contributed by atoms with Crippen LogP contribution in [0, 0.1) is 5.41 Å². The standard InChI is InChI=1S/C16H27N3/c1-13-6-5-7-14(18-13)15-10-17-12-19(15)11-16(2)8-3-4-9-16/h10,12-14,18H,3-9,11H2,1-2H3. The van der Waals surface area contributed by atoms with Crippen LogP contribution >= 0.6 is 0 Å². The molecule has 2 unspecified atom stereocenters. The van der Waals surface area contributed by atoms with Gasteiger partial charge in [-0.2, -0.15) is 0 Å². The van der Waals surface area contributed by atoms with Gasteiger partial charge in [0.25, 0.3) is 0 Å². The molecular weight excluding hydrogens is 234 g/mol. The first-order valence-corrected chi connectivity index (χ1v) is 7.92. The summed E-state index contributed by atoms with van der Waals surface area (Å²) in [7, 11) is 0. The Labute approximate surface area is 116 Å². The van der Waals surface area contributed by atoms with Gasteiger partial charge >= 0.3 is 0 Å². The van der Waals surface area contributed by atoms with Crippen LogP contribution in [0.15, 0.2) is 12.5 Å². The summed E-state index contributed by atoms with van der Waals surface area (Å²) in [6.45, 7) is 5.89. The van der Waals surface area contributed by atoms with Gasteiger partial charge in [0, 0.05) is 24.8 Å². The molecule has 1 aromatic rings. The molecule has 2 heterocycles. The van der Waals surface area contributed by atoms with Crippen LogP contribution in [0.4, 0.5) is 0 Å². The highest BCUT2D eigenvalue weighted by Crippen LogP contribution is 2.39. The summed E-state index contributed by atoms with van der Waals surface area (Å²) in [4.78, 5) is 4.42. The first-order chi connectivity index (χ1) is 9.16. The molecule has 2 aliphatic rings. The van der Waals surface area contributed by atoms with Crippen LogP contribution < -0.4 is 5.32 Å². The molecule has 2 fully saturated rings. The summed E-state index contributed by atoms with van der Waals surface area (Å²) in [6.07, 6.45) is 13.6. The maximum atomic E-state index is 4.42. The van der Waals surface area contributed by atoms with Crippen molar-refractivity contribution in [2.45, 2.75) is 77.4 Å². The largest absolute Gasteiger partial charge is 0.333 e. The quantitative estimate of drug-likeness (QED) is 0.899. The maximum Gasteiger partial charge on any atom is 0.0948 e. The number of nitrogens with zero attached hydrogens (tertiary/aromatic N) is 2. The second kappa shape index (κ2) is 5.28. The van der Waals surface area contributed by atoms with Gasteiger partial charge in [-0.05, 0) is 44.4 Å². The molecule has 0 amide bonds. The van der Waals surface area contributed by atoms with Crippen molar-refractivity contribution in [1.29, 1.82) is 0 Å². The lowest BCUT2D eigenvalue weighted by atomic mass is 9.88. The zero-order valence-electron chi connectivity index (χ0n) is 12.4. The van der Waals surface area contributed by atoms with Crippen molar-refractivity contribution in [1.82, 2.24) is 14.9 Å². The molecule has 1 aliphatic carbocycles. The van der Waals surface area contributed by atoms with Crippen molar-refractivity contribution in [3.63, 3.8) is 0 Å². The second-order valence-corrected chi connectivity index (χ2v) is 7.02. The van der Waals surface area contributed by atoms with E-state index in [1.165, 1.54) is 50.6 Å². The van der Waals surface area contributed by atoms with E-state index in [4.69, 9.17) is 0 Å². The highest BCUT2D eigenvalue weighted by molar-refractivity contribution is 5.08. The second-order valence-electron chi connectivity index (χ2n) is 7.02. The van der Waals surface area contributed by atoms with E-state index in [9.17, 15) is 0 Å². The van der Waals surface area contributed by atoms with Gasteiger partial charge in [0.05, 0.1) is 12.0 Å². The molecule has 1 saturated carbocycles. The summed E-state index contributed by atoms with van der Waals surface area (Å²) < 4.78 is 2.42. The lowest BCUT2D eigenvalue weighted by Gasteiger charge is -2.31. The van der Waals surface area contributed by atoms with Crippen LogP contribution in [0.3, 0.4) is 0 Å². The molecule has 1 aromatic heterocycles. The average Bonchev–Trinajstić information content (AvgIpc) is 2.99. The molecule has 0 aromatic carbocycles. The minimum absolute atomic E-state index is 0.496. The molecule has 1 aliphatic heterocycles. The Morgan fingerprint density at radius 3 is 2.84 bits per heavy atom. The van der Waals surface area contributed by atoms with Gasteiger partial charge in [-0.15, -0.1) is 0 Å². The summed E-state index contributed by atoms with van der Waals surface area (Å²) in [5, 5.41) is 3.74. The van der Waals surface area contributed by atoms with Gasteiger partial charge in [-0.25, -0.2) is 4.98 Å². The van der Waals surface area contributed by atoms with Crippen molar-refractivity contribution in [2.75, 3.05) is 0 Å². The minimum atomic E-state index is 0.496. The zero-order valence-corrected chi connectivity index (χ0v) is 12.4. The predicted molar refractivity (Wildman–Crippen MR) is 78.0 cm³/mol. The molecule has 0 radical (unpaired) electrons. The van der Waals surface area contributed by atoms with Crippen molar-refractivity contribution < 1.29 is 0 Å². The summed E-state index contributed by atoms with van der Waals surface area (Å²) in [5.74, 6) is 0. The van der Waals surface area contributed by atoms with E-state index in [-0.39, 0.29) is 0 Å². The van der Waals surface area contributed by atoms with Crippen LogP contribution in [0.5, 0.6) is 0 Å². The number of rotatable bonds is 3. The number of hydrogen-bond acceptors (Lipinski definition) is 2. The highest BCUT2D eigenvalue weighted by Gasteiger charge is 2.30. The SMILES string of the molecule is CC1CCCC(c2cncn2CC2(C)CCCC2)N1. The minimum Gasteiger partial charge on any atom is -0.333 e. The Kier molecular flexibility index (Phi) is 3.66. The smallest absolute Gasteiger partial charge is 0.0948 e. The van der Waals surface area contributed by atoms with Crippen LogP contribution in [0.25, 0.3) is 0 Å². The molecule has 19 heavy (non-hydrogen) atoms. The third-order valence-electron chi connectivity index (χ3n) is 5.08. The predicted octanol–water partition coefficient (Wildman–Crippen LogP) is 3.67. The van der Waals surface area contributed by atoms with Gasteiger partial charge in [0.2, 0.25) is 0 Å². The lowest BCUT2D eigenvalue weighted by Crippen LogP contribution is -2.36. The summed E-state index contributed by atoms with van der Waals surface area (Å²) in [6, 6.07) is 1.15. The van der Waals surface area contributed by atoms with Crippen molar-refractivity contribution >= 4 is 0 Å². The number of aromatic nitrogens is 2. The van der Waals surface area contributed by atoms with Crippen molar-refractivity contribution in [3.8, 4) is 0 Å². The van der Waals surface area contributed by atoms with Crippen LogP contribution in [0.2, 0.25) is 0 Å². The number of nitrogens with one attached hydrogen (secondary N) is 1. The Morgan fingerprint density at radius 1 is 1.32 bits per heavy atom. The molecular formula is C16H27N3. The third-order valence-corrected chi connectivity index (χ3v) is 5.08. The Morgan fingerprint density at radius 2 is 2.11 bits per heavy atom. The topological polar surface area (TPSA) is 29.9 Å². The molecule has 0 spiro atoms. The van der Waals surface area contributed by atoms with Gasteiger partial charge in [0.1, 0.15) is 0 Å². The fraction of sp³-hybridized carbons (Fsp3) is 0.812. The highest BCUT2D eigenvalue weighted by atomic mass is 15.1. The van der Waals surface area contributed by atoms with E-state index in [2.05, 4.69) is 34.9 Å². The first-order valence-electron chi connectivity index (χ1n) is 7.92. The van der Waals surface area contributed by atoms with E-state index in [1.54, 1.807) is 0 Å². The molecule has 3 rings (SSSR count). The average molecular weight is 261 g/mol. The fourth-order valence-electron chi connectivity index (χ4n) is 3.92. The van der Waals surface area contributed by atoms with E-state index in [0.717, 1.165) is 6.54 Å². The van der Waals surface area contributed by atoms with Crippen LogP contribution in [0.1, 0.15) is 70.5 Å². The Balaban J connectivity index is 1.74. The Bertz CT molecular complexity index is 417. The third kappa shape index (κ3) is 2.86. The van der Waals surface area contributed by atoms with E-state index in [0.29, 0.717) is 17.5 Å². The molecule has 3 heteroatoms. The van der Waals surface area contributed by atoms with E-state index >= 15 is 0 Å². The van der Waals surface area contributed by atoms with E-state index in [1.807, 2.05) is 6.33 Å². The number of hydrogen-bond donors (Lipinski definition) is 1. The van der Waals surface area contributed by atoms with Gasteiger partial charge in [-0.1, -0.05) is 19.8 Å². The normalized spacial score (nSPS) is 30.6. The summed E-state index contributed by atoms with van der Waals surface area (Å²) >= 11 is 0. The molecule has 2 atom stereocenters. The Hall–Kier alpha value is -0.830. The van der Waals surface area contributed by atoms with Crippen molar-refractivity contribution in [3.05, 3.63) is 18.2 Å². The van der Waals surface area contributed by atoms with Gasteiger partial charge in [-0.3, -0.25) is 0 Å². The number of imidazole rings is 1. The van der Waals surface area contributed by atoms with Gasteiger partial charge < -0.3 is 9.88 Å². The van der Waals surface area contributed by atoms with Gasteiger partial charge in [0.15, 0.2) is 0 Å². The first kappa shape index (κ1) is 13.2. The van der Waals surface area contributed by atoms with Crippen LogP contribution in [-0.2, 0) is 6.54 Å². The lowest BCUT2D eigenvalue weighted by molar-refractivity contribution is 0.265.